The van der Waals surface area contributed by atoms with Crippen LogP contribution in [-0.2, 0) is 11.3 Å². The van der Waals surface area contributed by atoms with Gasteiger partial charge in [0.2, 0.25) is 0 Å². The van der Waals surface area contributed by atoms with Crippen LogP contribution in [0.1, 0.15) is 28.5 Å². The van der Waals surface area contributed by atoms with E-state index in [1.165, 1.54) is 5.56 Å². The molecule has 1 fully saturated rings. The number of carbonyl (C=O) groups excluding carboxylic acids is 1. The molecule has 2 atom stereocenters. The molecule has 1 saturated heterocycles. The Morgan fingerprint density at radius 1 is 1.32 bits per heavy atom. The number of morpholine rings is 1. The number of amides is 1. The smallest absolute Gasteiger partial charge is 0.253 e. The van der Waals surface area contributed by atoms with Gasteiger partial charge in [-0.1, -0.05) is 30.3 Å². The average molecular weight is 339 g/mol. The monoisotopic (exact) mass is 339 g/mol. The number of hydrogen-bond donors (Lipinski definition) is 1. The summed E-state index contributed by atoms with van der Waals surface area (Å²) in [6.07, 6.45) is 1.60. The molecule has 1 aromatic carbocycles. The van der Waals surface area contributed by atoms with E-state index >= 15 is 0 Å². The number of carbonyl (C=O) groups is 1. The molecular formula is C20H25N3O2. The van der Waals surface area contributed by atoms with Gasteiger partial charge in [0.1, 0.15) is 0 Å². The Bertz CT molecular complexity index is 688. The molecule has 1 aliphatic heterocycles. The van der Waals surface area contributed by atoms with Crippen molar-refractivity contribution in [1.82, 2.24) is 15.2 Å². The van der Waals surface area contributed by atoms with Gasteiger partial charge in [-0.15, -0.1) is 0 Å². The zero-order valence-electron chi connectivity index (χ0n) is 14.8. The fourth-order valence-corrected chi connectivity index (χ4v) is 3.00. The van der Waals surface area contributed by atoms with Gasteiger partial charge in [0.25, 0.3) is 5.91 Å². The van der Waals surface area contributed by atoms with Crippen molar-refractivity contribution in [1.29, 1.82) is 0 Å². The lowest BCUT2D eigenvalue weighted by atomic mass is 10.1. The third-order valence-corrected chi connectivity index (χ3v) is 4.52. The second-order valence-corrected chi connectivity index (χ2v) is 6.58. The Kier molecular flexibility index (Phi) is 5.79. The van der Waals surface area contributed by atoms with E-state index in [0.717, 1.165) is 25.3 Å². The molecule has 0 radical (unpaired) electrons. The predicted octanol–water partition coefficient (Wildman–Crippen LogP) is 2.41. The number of benzene rings is 1. The highest BCUT2D eigenvalue weighted by Gasteiger charge is 2.26. The second-order valence-electron chi connectivity index (χ2n) is 6.58. The fourth-order valence-electron chi connectivity index (χ4n) is 3.00. The minimum Gasteiger partial charge on any atom is -0.373 e. The summed E-state index contributed by atoms with van der Waals surface area (Å²) >= 11 is 0. The number of hydrogen-bond acceptors (Lipinski definition) is 4. The second kappa shape index (κ2) is 8.23. The van der Waals surface area contributed by atoms with Gasteiger partial charge in [-0.25, -0.2) is 0 Å². The van der Waals surface area contributed by atoms with Crippen molar-refractivity contribution < 1.29 is 9.53 Å². The largest absolute Gasteiger partial charge is 0.373 e. The minimum atomic E-state index is -0.108. The van der Waals surface area contributed by atoms with Gasteiger partial charge in [0.15, 0.2) is 0 Å². The van der Waals surface area contributed by atoms with Crippen molar-refractivity contribution in [3.63, 3.8) is 0 Å². The molecule has 2 aromatic rings. The highest BCUT2D eigenvalue weighted by Crippen LogP contribution is 2.13. The van der Waals surface area contributed by atoms with Gasteiger partial charge in [-0.05, 0) is 31.5 Å². The van der Waals surface area contributed by atoms with Crippen molar-refractivity contribution in [3.8, 4) is 0 Å². The maximum absolute atomic E-state index is 12.4. The van der Waals surface area contributed by atoms with Crippen LogP contribution in [-0.4, -0.2) is 47.6 Å². The fraction of sp³-hybridized carbons (Fsp3) is 0.400. The molecule has 5 heteroatoms. The molecule has 1 aromatic heterocycles. The molecule has 0 bridgehead atoms. The van der Waals surface area contributed by atoms with Gasteiger partial charge in [0, 0.05) is 31.5 Å². The van der Waals surface area contributed by atoms with Crippen LogP contribution in [0.25, 0.3) is 0 Å². The molecule has 0 spiro atoms. The van der Waals surface area contributed by atoms with Crippen LogP contribution in [0.15, 0.2) is 48.7 Å². The van der Waals surface area contributed by atoms with E-state index < -0.39 is 0 Å². The minimum absolute atomic E-state index is 0.0141. The van der Waals surface area contributed by atoms with Crippen LogP contribution in [0, 0.1) is 6.92 Å². The van der Waals surface area contributed by atoms with Gasteiger partial charge >= 0.3 is 0 Å². The van der Waals surface area contributed by atoms with Crippen LogP contribution in [0.4, 0.5) is 0 Å². The molecule has 5 nitrogen and oxygen atoms in total. The van der Waals surface area contributed by atoms with Crippen molar-refractivity contribution in [3.05, 3.63) is 65.5 Å². The first-order valence-electron chi connectivity index (χ1n) is 8.73. The number of ether oxygens (including phenoxy) is 1. The summed E-state index contributed by atoms with van der Waals surface area (Å²) < 4.78 is 5.89. The SMILES string of the molecule is Cc1ccc(C(=O)N[C@H](C)[C@@H]2CN(Cc3ccccc3)CCO2)cn1. The Hall–Kier alpha value is -2.24. The molecular weight excluding hydrogens is 314 g/mol. The topological polar surface area (TPSA) is 54.5 Å². The molecule has 1 N–H and O–H groups in total. The Morgan fingerprint density at radius 3 is 2.84 bits per heavy atom. The summed E-state index contributed by atoms with van der Waals surface area (Å²) in [4.78, 5) is 18.9. The Morgan fingerprint density at radius 2 is 2.12 bits per heavy atom. The van der Waals surface area contributed by atoms with Crippen molar-refractivity contribution in [2.45, 2.75) is 32.5 Å². The predicted molar refractivity (Wildman–Crippen MR) is 97.4 cm³/mol. The number of nitrogens with zero attached hydrogens (tertiary/aromatic N) is 2. The summed E-state index contributed by atoms with van der Waals surface area (Å²) in [6.45, 7) is 7.21. The molecule has 0 unspecified atom stereocenters. The van der Waals surface area contributed by atoms with Gasteiger partial charge in [-0.3, -0.25) is 14.7 Å². The molecule has 1 aliphatic rings. The number of nitrogens with one attached hydrogen (secondary N) is 1. The quantitative estimate of drug-likeness (QED) is 0.909. The molecule has 0 aliphatic carbocycles. The Labute approximate surface area is 149 Å². The van der Waals surface area contributed by atoms with Crippen LogP contribution in [0.5, 0.6) is 0 Å². The van der Waals surface area contributed by atoms with E-state index in [1.807, 2.05) is 26.0 Å². The van der Waals surface area contributed by atoms with Crippen LogP contribution < -0.4 is 5.32 Å². The van der Waals surface area contributed by atoms with Crippen molar-refractivity contribution >= 4 is 5.91 Å². The van der Waals surface area contributed by atoms with Gasteiger partial charge < -0.3 is 10.1 Å². The summed E-state index contributed by atoms with van der Waals surface area (Å²) in [5.41, 5.74) is 2.77. The molecule has 3 rings (SSSR count). The first-order chi connectivity index (χ1) is 12.1. The van der Waals surface area contributed by atoms with Crippen LogP contribution in [0.2, 0.25) is 0 Å². The lowest BCUT2D eigenvalue weighted by Crippen LogP contribution is -2.52. The summed E-state index contributed by atoms with van der Waals surface area (Å²) in [5.74, 6) is -0.108. The molecule has 25 heavy (non-hydrogen) atoms. The van der Waals surface area contributed by atoms with Gasteiger partial charge in [-0.2, -0.15) is 0 Å². The summed E-state index contributed by atoms with van der Waals surface area (Å²) in [7, 11) is 0. The Balaban J connectivity index is 1.55. The zero-order chi connectivity index (χ0) is 17.6. The first kappa shape index (κ1) is 17.6. The molecule has 2 heterocycles. The van der Waals surface area contributed by atoms with Crippen LogP contribution >= 0.6 is 0 Å². The lowest BCUT2D eigenvalue weighted by Gasteiger charge is -2.36. The standard InChI is InChI=1S/C20H25N3O2/c1-15-8-9-18(12-21-15)20(24)22-16(2)19-14-23(10-11-25-19)13-17-6-4-3-5-7-17/h3-9,12,16,19H,10-11,13-14H2,1-2H3,(H,22,24)/t16-,19+/m1/s1. The highest BCUT2D eigenvalue weighted by atomic mass is 16.5. The average Bonchev–Trinajstić information content (AvgIpc) is 2.63. The normalized spacial score (nSPS) is 19.4. The van der Waals surface area contributed by atoms with Gasteiger partial charge in [0.05, 0.1) is 24.3 Å². The van der Waals surface area contributed by atoms with Crippen molar-refractivity contribution in [2.75, 3.05) is 19.7 Å². The summed E-state index contributed by atoms with van der Waals surface area (Å²) in [6, 6.07) is 14.0. The van der Waals surface area contributed by atoms with Crippen LogP contribution in [0.3, 0.4) is 0 Å². The molecule has 0 saturated carbocycles. The first-order valence-corrected chi connectivity index (χ1v) is 8.73. The van der Waals surface area contributed by atoms with E-state index in [9.17, 15) is 4.79 Å². The lowest BCUT2D eigenvalue weighted by molar-refractivity contribution is -0.0449. The maximum atomic E-state index is 12.4. The number of pyridine rings is 1. The molecule has 132 valence electrons. The van der Waals surface area contributed by atoms with E-state index in [2.05, 4.69) is 39.5 Å². The van der Waals surface area contributed by atoms with E-state index in [0.29, 0.717) is 12.2 Å². The highest BCUT2D eigenvalue weighted by molar-refractivity contribution is 5.94. The number of aromatic nitrogens is 1. The third-order valence-electron chi connectivity index (χ3n) is 4.52. The molecule has 1 amide bonds. The number of rotatable bonds is 5. The third kappa shape index (κ3) is 4.87. The summed E-state index contributed by atoms with van der Waals surface area (Å²) in [5, 5.41) is 3.04. The van der Waals surface area contributed by atoms with Crippen molar-refractivity contribution in [2.24, 2.45) is 0 Å². The maximum Gasteiger partial charge on any atom is 0.253 e. The zero-order valence-corrected chi connectivity index (χ0v) is 14.8. The number of aryl methyl sites for hydroxylation is 1. The van der Waals surface area contributed by atoms with E-state index in [1.54, 1.807) is 12.3 Å². The van der Waals surface area contributed by atoms with E-state index in [-0.39, 0.29) is 18.1 Å². The van der Waals surface area contributed by atoms with E-state index in [4.69, 9.17) is 4.74 Å².